The lowest BCUT2D eigenvalue weighted by Crippen LogP contribution is -2.54. The van der Waals surface area contributed by atoms with E-state index in [9.17, 15) is 32.8 Å². The van der Waals surface area contributed by atoms with E-state index in [1.54, 1.807) is 13.8 Å². The van der Waals surface area contributed by atoms with Gasteiger partial charge in [0.25, 0.3) is 0 Å². The second-order valence-corrected chi connectivity index (χ2v) is 9.72. The highest BCUT2D eigenvalue weighted by molar-refractivity contribution is 5.90. The topological polar surface area (TPSA) is 128 Å². The quantitative estimate of drug-likeness (QED) is 0.450. The summed E-state index contributed by atoms with van der Waals surface area (Å²) in [6.45, 7) is 4.94. The van der Waals surface area contributed by atoms with Crippen LogP contribution in [0.4, 0.5) is 13.2 Å². The molecule has 5 unspecified atom stereocenters. The molecule has 35 heavy (non-hydrogen) atoms. The lowest BCUT2D eigenvalue weighted by molar-refractivity contribution is -0.134. The number of piperidine rings is 1. The molecule has 0 spiro atoms. The van der Waals surface area contributed by atoms with Crippen molar-refractivity contribution in [3.8, 4) is 6.07 Å². The Morgan fingerprint density at radius 3 is 2.37 bits per heavy atom. The van der Waals surface area contributed by atoms with Crippen LogP contribution in [0.25, 0.3) is 0 Å². The minimum atomic E-state index is -1.35. The van der Waals surface area contributed by atoms with E-state index in [1.807, 2.05) is 0 Å². The van der Waals surface area contributed by atoms with Crippen molar-refractivity contribution in [1.82, 2.24) is 15.5 Å². The molecule has 0 bridgehead atoms. The third-order valence-electron chi connectivity index (χ3n) is 6.64. The minimum Gasteiger partial charge on any atom is -0.351 e. The maximum absolute atomic E-state index is 14.3. The summed E-state index contributed by atoms with van der Waals surface area (Å²) in [5.74, 6) is -5.09. The highest BCUT2D eigenvalue weighted by Gasteiger charge is 2.54. The fraction of sp³-hybridized carbons (Fsp3) is 0.583. The molecule has 2 fully saturated rings. The van der Waals surface area contributed by atoms with Crippen LogP contribution in [0.5, 0.6) is 0 Å². The summed E-state index contributed by atoms with van der Waals surface area (Å²) >= 11 is 0. The van der Waals surface area contributed by atoms with E-state index < -0.39 is 59.3 Å². The lowest BCUT2D eigenvalue weighted by atomic mass is 10.0. The molecule has 1 saturated carbocycles. The van der Waals surface area contributed by atoms with E-state index in [0.717, 1.165) is 6.42 Å². The largest absolute Gasteiger partial charge is 0.351 e. The number of nitrogens with one attached hydrogen (secondary N) is 2. The molecular weight excluding hydrogens is 463 g/mol. The van der Waals surface area contributed by atoms with Crippen molar-refractivity contribution in [2.24, 2.45) is 17.6 Å². The molecule has 1 aliphatic carbocycles. The van der Waals surface area contributed by atoms with Crippen LogP contribution in [-0.4, -0.2) is 52.8 Å². The number of amides is 3. The van der Waals surface area contributed by atoms with Gasteiger partial charge in [0, 0.05) is 24.6 Å². The Labute approximate surface area is 202 Å². The highest BCUT2D eigenvalue weighted by atomic mass is 19.2. The molecule has 1 aromatic rings. The number of nitrogens with two attached hydrogens (primary N) is 1. The van der Waals surface area contributed by atoms with Gasteiger partial charge in [-0.2, -0.15) is 5.26 Å². The summed E-state index contributed by atoms with van der Waals surface area (Å²) in [4.78, 5) is 39.6. The molecule has 2 aliphatic rings. The molecule has 0 aromatic heterocycles. The van der Waals surface area contributed by atoms with Crippen molar-refractivity contribution in [3.05, 3.63) is 35.1 Å². The molecule has 4 N–H and O–H groups in total. The van der Waals surface area contributed by atoms with Gasteiger partial charge in [0.15, 0.2) is 11.6 Å². The Hall–Kier alpha value is -3.13. The van der Waals surface area contributed by atoms with Gasteiger partial charge in [-0.15, -0.1) is 0 Å². The second-order valence-electron chi connectivity index (χ2n) is 9.72. The van der Waals surface area contributed by atoms with Crippen molar-refractivity contribution in [2.75, 3.05) is 0 Å². The van der Waals surface area contributed by atoms with E-state index in [4.69, 9.17) is 5.73 Å². The minimum absolute atomic E-state index is 0.0285. The zero-order valence-electron chi connectivity index (χ0n) is 19.9. The number of carbonyl (C=O) groups is 3. The number of hydrogen-bond acceptors (Lipinski definition) is 5. The number of benzene rings is 1. The van der Waals surface area contributed by atoms with Gasteiger partial charge >= 0.3 is 0 Å². The molecule has 1 aliphatic heterocycles. The fourth-order valence-corrected chi connectivity index (χ4v) is 4.41. The third kappa shape index (κ3) is 6.11. The van der Waals surface area contributed by atoms with Crippen LogP contribution in [0.1, 0.15) is 45.6 Å². The Kier molecular flexibility index (Phi) is 8.05. The monoisotopic (exact) mass is 493 g/mol. The van der Waals surface area contributed by atoms with Crippen LogP contribution in [-0.2, 0) is 20.8 Å². The number of nitrogens with zero attached hydrogens (tertiary/aromatic N) is 2. The maximum atomic E-state index is 14.3. The van der Waals surface area contributed by atoms with Crippen LogP contribution in [0, 0.1) is 40.6 Å². The maximum Gasteiger partial charge on any atom is 0.242 e. The molecule has 8 nitrogen and oxygen atoms in total. The third-order valence-corrected chi connectivity index (χ3v) is 6.64. The number of carbonyl (C=O) groups excluding carboxylic acids is 3. The Bertz CT molecular complexity index is 1040. The number of rotatable bonds is 9. The van der Waals surface area contributed by atoms with Crippen molar-refractivity contribution in [2.45, 2.75) is 76.7 Å². The molecule has 1 heterocycles. The smallest absolute Gasteiger partial charge is 0.242 e. The zero-order valence-corrected chi connectivity index (χ0v) is 19.9. The average molecular weight is 494 g/mol. The van der Waals surface area contributed by atoms with Gasteiger partial charge in [-0.1, -0.05) is 13.8 Å². The molecule has 3 amide bonds. The van der Waals surface area contributed by atoms with Crippen LogP contribution >= 0.6 is 0 Å². The van der Waals surface area contributed by atoms with E-state index in [-0.39, 0.29) is 36.3 Å². The molecule has 1 saturated heterocycles. The first-order chi connectivity index (χ1) is 16.4. The van der Waals surface area contributed by atoms with Gasteiger partial charge in [0.2, 0.25) is 17.7 Å². The second kappa shape index (κ2) is 10.6. The predicted molar refractivity (Wildman–Crippen MR) is 120 cm³/mol. The van der Waals surface area contributed by atoms with Crippen molar-refractivity contribution < 1.29 is 27.6 Å². The van der Waals surface area contributed by atoms with Gasteiger partial charge in [-0.25, -0.2) is 13.2 Å². The Morgan fingerprint density at radius 2 is 1.74 bits per heavy atom. The van der Waals surface area contributed by atoms with Gasteiger partial charge in [0.05, 0.1) is 12.1 Å². The normalized spacial score (nSPS) is 23.2. The van der Waals surface area contributed by atoms with Crippen LogP contribution in [0.15, 0.2) is 12.1 Å². The first-order valence-corrected chi connectivity index (χ1v) is 11.6. The first kappa shape index (κ1) is 26.5. The van der Waals surface area contributed by atoms with E-state index in [2.05, 4.69) is 16.7 Å². The summed E-state index contributed by atoms with van der Waals surface area (Å²) in [6, 6.07) is -0.247. The van der Waals surface area contributed by atoms with Crippen molar-refractivity contribution in [1.29, 1.82) is 5.26 Å². The van der Waals surface area contributed by atoms with E-state index in [1.165, 1.54) is 11.8 Å². The Morgan fingerprint density at radius 1 is 1.09 bits per heavy atom. The van der Waals surface area contributed by atoms with E-state index in [0.29, 0.717) is 18.6 Å². The van der Waals surface area contributed by atoms with Gasteiger partial charge in [-0.05, 0) is 49.7 Å². The number of halogens is 3. The standard InChI is InChI=1S/C24H30F3N5O3/c1-11(2)22(29)24(35)30-12(3)23(34)31-15(4-13-6-18(26)19(27)9-17(13)25)8-21(33)32-16(10-28)5-14-7-20(14)32/h6,9,11-12,14-16,20,22H,4-5,7-8,29H2,1-3H3,(H,30,35)(H,31,34)/t12?,14?,15-,16?,20?,22?/m1/s1. The van der Waals surface area contributed by atoms with Gasteiger partial charge in [-0.3, -0.25) is 14.4 Å². The predicted octanol–water partition coefficient (Wildman–Crippen LogP) is 1.52. The summed E-state index contributed by atoms with van der Waals surface area (Å²) in [5.41, 5.74) is 5.59. The number of likely N-dealkylation sites (tertiary alicyclic amines) is 1. The van der Waals surface area contributed by atoms with E-state index >= 15 is 0 Å². The molecule has 6 atom stereocenters. The summed E-state index contributed by atoms with van der Waals surface area (Å²) < 4.78 is 41.4. The molecule has 3 rings (SSSR count). The average Bonchev–Trinajstić information content (AvgIpc) is 3.45. The molecule has 1 aromatic carbocycles. The first-order valence-electron chi connectivity index (χ1n) is 11.6. The molecule has 0 radical (unpaired) electrons. The number of fused-ring (bicyclic) bond motifs is 1. The van der Waals surface area contributed by atoms with Gasteiger partial charge in [0.1, 0.15) is 17.9 Å². The van der Waals surface area contributed by atoms with Crippen molar-refractivity contribution >= 4 is 17.7 Å². The molecular formula is C24H30F3N5O3. The van der Waals surface area contributed by atoms with Gasteiger partial charge < -0.3 is 21.3 Å². The number of nitriles is 1. The van der Waals surface area contributed by atoms with Crippen LogP contribution in [0.2, 0.25) is 0 Å². The molecule has 11 heteroatoms. The fourth-order valence-electron chi connectivity index (χ4n) is 4.41. The SMILES string of the molecule is CC(NC(=O)C(N)C(C)C)C(=O)N[C@@H](CC(=O)N1C(C#N)CC2CC21)Cc1cc(F)c(F)cc1F. The Balaban J connectivity index is 1.75. The summed E-state index contributed by atoms with van der Waals surface area (Å²) in [6.07, 6.45) is 0.808. The van der Waals surface area contributed by atoms with Crippen LogP contribution in [0.3, 0.4) is 0 Å². The summed E-state index contributed by atoms with van der Waals surface area (Å²) in [5, 5.41) is 14.5. The summed E-state index contributed by atoms with van der Waals surface area (Å²) in [7, 11) is 0. The molecule has 190 valence electrons. The number of hydrogen-bond donors (Lipinski definition) is 3. The van der Waals surface area contributed by atoms with Crippen molar-refractivity contribution in [3.63, 3.8) is 0 Å². The highest BCUT2D eigenvalue weighted by Crippen LogP contribution is 2.47. The zero-order chi connectivity index (χ0) is 26.0. The van der Waals surface area contributed by atoms with Crippen LogP contribution < -0.4 is 16.4 Å². The lowest BCUT2D eigenvalue weighted by Gasteiger charge is -2.27.